The molecule has 0 spiro atoms. The Balaban J connectivity index is 2.19. The average molecular weight is 748 g/mol. The summed E-state index contributed by atoms with van der Waals surface area (Å²) in [5.74, 6) is -1.09. The van der Waals surface area contributed by atoms with E-state index in [0.717, 1.165) is 38.5 Å². The third-order valence-corrected chi connectivity index (χ3v) is 10.4. The molecule has 53 heavy (non-hydrogen) atoms. The molecule has 1 aromatic carbocycles. The number of imide groups is 1. The van der Waals surface area contributed by atoms with Crippen LogP contribution in [0.4, 0.5) is 4.79 Å². The summed E-state index contributed by atoms with van der Waals surface area (Å²) in [6.07, 6.45) is 16.8. The minimum Gasteiger partial charge on any atom is -0.444 e. The van der Waals surface area contributed by atoms with Gasteiger partial charge in [-0.05, 0) is 18.4 Å². The molecule has 0 bridgehead atoms. The quantitative estimate of drug-likeness (QED) is 0.0613. The van der Waals surface area contributed by atoms with Crippen molar-refractivity contribution in [2.24, 2.45) is 5.73 Å². The maximum Gasteiger partial charge on any atom is 0.417 e. The molecular weight excluding hydrogens is 674 g/mol. The topological polar surface area (TPSA) is 163 Å². The van der Waals surface area contributed by atoms with E-state index >= 15 is 0 Å². The molecular formula is C42H73N3O8. The Morgan fingerprint density at radius 3 is 1.68 bits per heavy atom. The molecule has 1 fully saturated rings. The maximum atomic E-state index is 14.1. The number of carbonyl (C=O) groups is 3. The Labute approximate surface area is 320 Å². The number of nitrogens with zero attached hydrogens (tertiary/aromatic N) is 2. The summed E-state index contributed by atoms with van der Waals surface area (Å²) in [7, 11) is 0. The highest BCUT2D eigenvalue weighted by atomic mass is 16.6. The van der Waals surface area contributed by atoms with Gasteiger partial charge in [0.1, 0.15) is 31.0 Å². The fourth-order valence-corrected chi connectivity index (χ4v) is 7.14. The van der Waals surface area contributed by atoms with E-state index in [1.54, 1.807) is 24.3 Å². The molecule has 3 amide bonds. The second-order valence-electron chi connectivity index (χ2n) is 14.8. The van der Waals surface area contributed by atoms with Crippen LogP contribution < -0.4 is 5.73 Å². The van der Waals surface area contributed by atoms with Gasteiger partial charge in [-0.2, -0.15) is 0 Å². The number of ether oxygens (including phenoxy) is 2. The first-order valence-electron chi connectivity index (χ1n) is 20.9. The molecule has 304 valence electrons. The van der Waals surface area contributed by atoms with Gasteiger partial charge in [0.2, 0.25) is 11.8 Å². The van der Waals surface area contributed by atoms with E-state index in [-0.39, 0.29) is 25.5 Å². The zero-order chi connectivity index (χ0) is 38.7. The molecule has 1 aliphatic rings. The van der Waals surface area contributed by atoms with Crippen LogP contribution in [0.25, 0.3) is 0 Å². The number of amides is 3. The lowest BCUT2D eigenvalue weighted by Crippen LogP contribution is -2.70. The minimum absolute atomic E-state index is 0.149. The van der Waals surface area contributed by atoms with Crippen molar-refractivity contribution in [3.63, 3.8) is 0 Å². The number of nitrogens with two attached hydrogens (primary N) is 1. The van der Waals surface area contributed by atoms with E-state index < -0.39 is 55.7 Å². The van der Waals surface area contributed by atoms with E-state index in [4.69, 9.17) is 15.2 Å². The molecule has 1 aliphatic heterocycles. The van der Waals surface area contributed by atoms with E-state index in [1.807, 2.05) is 6.07 Å². The minimum atomic E-state index is -1.74. The highest BCUT2D eigenvalue weighted by Crippen LogP contribution is 2.30. The largest absolute Gasteiger partial charge is 0.444 e. The smallest absolute Gasteiger partial charge is 0.417 e. The van der Waals surface area contributed by atoms with Gasteiger partial charge >= 0.3 is 6.09 Å². The summed E-state index contributed by atoms with van der Waals surface area (Å²) in [4.78, 5) is 43.2. The third kappa shape index (κ3) is 17.6. The van der Waals surface area contributed by atoms with E-state index in [9.17, 15) is 29.7 Å². The predicted molar refractivity (Wildman–Crippen MR) is 209 cm³/mol. The molecule has 1 aromatic rings. The second-order valence-corrected chi connectivity index (χ2v) is 14.8. The van der Waals surface area contributed by atoms with Gasteiger partial charge < -0.3 is 35.4 Å². The fourth-order valence-electron chi connectivity index (χ4n) is 7.14. The van der Waals surface area contributed by atoms with Crippen molar-refractivity contribution in [3.05, 3.63) is 35.9 Å². The summed E-state index contributed by atoms with van der Waals surface area (Å²) < 4.78 is 11.7. The Morgan fingerprint density at radius 1 is 0.698 bits per heavy atom. The maximum absolute atomic E-state index is 14.1. The standard InChI is InChI=1S/C42H73N3O8/c1-3-5-7-9-11-13-15-16-18-20-25-29-36(47)44(30-26-21-19-17-14-12-10-8-6-4-2)41-38(40(50)39(49)35(32-46)53-41)45(37(48)31-43)42(51)52-33-34-27-23-22-24-28-34/h22-24,27-28,35,38-41,46,49-50H,3-21,25-26,29-33,43H2,1-2H3/t35-,38-,39-,40-,41-/m1/s1. The Kier molecular flexibility index (Phi) is 25.3. The average Bonchev–Trinajstić information content (AvgIpc) is 3.17. The van der Waals surface area contributed by atoms with Crippen molar-refractivity contribution in [1.29, 1.82) is 0 Å². The van der Waals surface area contributed by atoms with Gasteiger partial charge in [0.15, 0.2) is 6.23 Å². The van der Waals surface area contributed by atoms with Gasteiger partial charge in [-0.15, -0.1) is 0 Å². The molecule has 11 nitrogen and oxygen atoms in total. The monoisotopic (exact) mass is 748 g/mol. The molecule has 5 atom stereocenters. The van der Waals surface area contributed by atoms with Gasteiger partial charge in [-0.25, -0.2) is 9.69 Å². The summed E-state index contributed by atoms with van der Waals surface area (Å²) in [6.45, 7) is 3.34. The fraction of sp³-hybridized carbons (Fsp3) is 0.786. The van der Waals surface area contributed by atoms with Crippen LogP contribution in [0.5, 0.6) is 0 Å². The number of carbonyl (C=O) groups excluding carboxylic acids is 3. The summed E-state index contributed by atoms with van der Waals surface area (Å²) >= 11 is 0. The first kappa shape index (κ1) is 46.6. The molecule has 2 rings (SSSR count). The third-order valence-electron chi connectivity index (χ3n) is 10.4. The zero-order valence-electron chi connectivity index (χ0n) is 33.0. The zero-order valence-corrected chi connectivity index (χ0v) is 33.0. The molecule has 1 saturated heterocycles. The van der Waals surface area contributed by atoms with Crippen molar-refractivity contribution >= 4 is 17.9 Å². The van der Waals surface area contributed by atoms with Crippen molar-refractivity contribution in [3.8, 4) is 0 Å². The van der Waals surface area contributed by atoms with Crippen LogP contribution in [0.15, 0.2) is 30.3 Å². The number of hydrogen-bond acceptors (Lipinski definition) is 9. The van der Waals surface area contributed by atoms with Gasteiger partial charge in [0.05, 0.1) is 13.2 Å². The first-order chi connectivity index (χ1) is 25.8. The van der Waals surface area contributed by atoms with Crippen LogP contribution >= 0.6 is 0 Å². The van der Waals surface area contributed by atoms with Crippen LogP contribution in [-0.4, -0.2) is 93.3 Å². The summed E-state index contributed by atoms with van der Waals surface area (Å²) in [5, 5.41) is 32.6. The highest BCUT2D eigenvalue weighted by molar-refractivity contribution is 5.93. The normalized spacial score (nSPS) is 19.9. The van der Waals surface area contributed by atoms with Gasteiger partial charge in [-0.3, -0.25) is 9.59 Å². The Morgan fingerprint density at radius 2 is 1.19 bits per heavy atom. The second kappa shape index (κ2) is 28.8. The molecule has 0 saturated carbocycles. The van der Waals surface area contributed by atoms with Crippen molar-refractivity contribution < 1.29 is 39.2 Å². The Bertz CT molecular complexity index is 1110. The van der Waals surface area contributed by atoms with E-state index in [1.165, 1.54) is 88.4 Å². The van der Waals surface area contributed by atoms with E-state index in [2.05, 4.69) is 13.8 Å². The van der Waals surface area contributed by atoms with Gasteiger partial charge in [-0.1, -0.05) is 166 Å². The lowest BCUT2D eigenvalue weighted by Gasteiger charge is -2.49. The van der Waals surface area contributed by atoms with Gasteiger partial charge in [0.25, 0.3) is 0 Å². The number of benzene rings is 1. The molecule has 1 heterocycles. The number of rotatable bonds is 29. The van der Waals surface area contributed by atoms with Crippen molar-refractivity contribution in [1.82, 2.24) is 9.80 Å². The van der Waals surface area contributed by atoms with Crippen LogP contribution in [-0.2, 0) is 25.7 Å². The number of aliphatic hydroxyl groups is 3. The lowest BCUT2D eigenvalue weighted by molar-refractivity contribution is -0.244. The van der Waals surface area contributed by atoms with Crippen molar-refractivity contribution in [2.75, 3.05) is 19.7 Å². The number of hydrogen-bond donors (Lipinski definition) is 4. The molecule has 0 unspecified atom stereocenters. The summed E-state index contributed by atoms with van der Waals surface area (Å²) in [5.41, 5.74) is 6.44. The first-order valence-corrected chi connectivity index (χ1v) is 20.9. The molecule has 0 radical (unpaired) electrons. The van der Waals surface area contributed by atoms with E-state index in [0.29, 0.717) is 23.3 Å². The lowest BCUT2D eigenvalue weighted by atomic mass is 9.93. The Hall–Kier alpha value is -2.57. The highest BCUT2D eigenvalue weighted by Gasteiger charge is 2.53. The molecule has 5 N–H and O–H groups in total. The number of unbranched alkanes of at least 4 members (excludes halogenated alkanes) is 19. The van der Waals surface area contributed by atoms with Crippen LogP contribution in [0.2, 0.25) is 0 Å². The van der Waals surface area contributed by atoms with Crippen LogP contribution in [0.3, 0.4) is 0 Å². The predicted octanol–water partition coefficient (Wildman–Crippen LogP) is 7.37. The molecule has 0 aromatic heterocycles. The number of aliphatic hydroxyl groups excluding tert-OH is 3. The van der Waals surface area contributed by atoms with Gasteiger partial charge in [0, 0.05) is 13.0 Å². The summed E-state index contributed by atoms with van der Waals surface area (Å²) in [6, 6.07) is 7.42. The van der Waals surface area contributed by atoms with Crippen LogP contribution in [0, 0.1) is 0 Å². The SMILES string of the molecule is CCCCCCCCCCCCCC(=O)N(CCCCCCCCCCCC)[C@@H]1O[C@H](CO)[C@@H](O)[C@H](O)[C@H]1N(C(=O)CN)C(=O)OCc1ccccc1. The molecule has 11 heteroatoms. The van der Waals surface area contributed by atoms with Crippen molar-refractivity contribution in [2.45, 2.75) is 192 Å². The van der Waals surface area contributed by atoms with Crippen LogP contribution in [0.1, 0.15) is 161 Å². The molecule has 0 aliphatic carbocycles.